The standard InChI is InChI=1S/C15H19NO2/c1-4-9-16(10-5-2)15(17)12-13-7-6-8-14(11-13)18-3/h1,6-8,11H,5,9-10,12H2,2-3H3. The van der Waals surface area contributed by atoms with Gasteiger partial charge in [-0.2, -0.15) is 0 Å². The molecule has 0 N–H and O–H groups in total. The maximum Gasteiger partial charge on any atom is 0.227 e. The van der Waals surface area contributed by atoms with E-state index >= 15 is 0 Å². The summed E-state index contributed by atoms with van der Waals surface area (Å²) >= 11 is 0. The Bertz CT molecular complexity index is 434. The molecule has 0 saturated carbocycles. The third-order valence-corrected chi connectivity index (χ3v) is 2.62. The molecule has 0 fully saturated rings. The van der Waals surface area contributed by atoms with Gasteiger partial charge >= 0.3 is 0 Å². The third-order valence-electron chi connectivity index (χ3n) is 2.62. The number of rotatable bonds is 6. The van der Waals surface area contributed by atoms with Gasteiger partial charge in [0.25, 0.3) is 0 Å². The largest absolute Gasteiger partial charge is 0.497 e. The number of carbonyl (C=O) groups is 1. The number of hydrogen-bond donors (Lipinski definition) is 0. The molecule has 1 aromatic carbocycles. The van der Waals surface area contributed by atoms with E-state index in [-0.39, 0.29) is 5.91 Å². The van der Waals surface area contributed by atoms with Crippen LogP contribution in [0.1, 0.15) is 18.9 Å². The van der Waals surface area contributed by atoms with E-state index in [2.05, 4.69) is 5.92 Å². The number of benzene rings is 1. The Balaban J connectivity index is 2.69. The van der Waals surface area contributed by atoms with Crippen molar-refractivity contribution in [2.75, 3.05) is 20.2 Å². The molecule has 0 radical (unpaired) electrons. The minimum atomic E-state index is 0.0584. The fourth-order valence-corrected chi connectivity index (χ4v) is 1.74. The van der Waals surface area contributed by atoms with Gasteiger partial charge in [0.15, 0.2) is 0 Å². The molecule has 0 saturated heterocycles. The lowest BCUT2D eigenvalue weighted by atomic mass is 10.1. The SMILES string of the molecule is C#CCN(CCC)C(=O)Cc1cccc(OC)c1. The van der Waals surface area contributed by atoms with Crippen LogP contribution in [0.5, 0.6) is 5.75 Å². The molecule has 0 aromatic heterocycles. The number of carbonyl (C=O) groups excluding carboxylic acids is 1. The zero-order valence-electron chi connectivity index (χ0n) is 11.0. The van der Waals surface area contributed by atoms with Crippen molar-refractivity contribution < 1.29 is 9.53 Å². The summed E-state index contributed by atoms with van der Waals surface area (Å²) in [7, 11) is 1.61. The summed E-state index contributed by atoms with van der Waals surface area (Å²) in [4.78, 5) is 13.8. The maximum atomic E-state index is 12.1. The molecular formula is C15H19NO2. The van der Waals surface area contributed by atoms with Crippen molar-refractivity contribution in [3.8, 4) is 18.1 Å². The molecule has 96 valence electrons. The summed E-state index contributed by atoms with van der Waals surface area (Å²) in [6.07, 6.45) is 6.54. The van der Waals surface area contributed by atoms with Gasteiger partial charge in [0.05, 0.1) is 20.1 Å². The number of ether oxygens (including phenoxy) is 1. The highest BCUT2D eigenvalue weighted by atomic mass is 16.5. The van der Waals surface area contributed by atoms with Crippen molar-refractivity contribution in [3.63, 3.8) is 0 Å². The summed E-state index contributed by atoms with van der Waals surface area (Å²) in [5, 5.41) is 0. The second kappa shape index (κ2) is 7.39. The van der Waals surface area contributed by atoms with Gasteiger partial charge in [-0.1, -0.05) is 25.0 Å². The van der Waals surface area contributed by atoms with Gasteiger partial charge in [-0.25, -0.2) is 0 Å². The molecule has 0 aliphatic rings. The average molecular weight is 245 g/mol. The topological polar surface area (TPSA) is 29.5 Å². The Kier molecular flexibility index (Phi) is 5.79. The Labute approximate surface area is 109 Å². The second-order valence-corrected chi connectivity index (χ2v) is 4.05. The van der Waals surface area contributed by atoms with Crippen LogP contribution in [0.15, 0.2) is 24.3 Å². The maximum absolute atomic E-state index is 12.1. The van der Waals surface area contributed by atoms with Crippen LogP contribution in [0.4, 0.5) is 0 Å². The first-order valence-corrected chi connectivity index (χ1v) is 6.05. The Morgan fingerprint density at radius 3 is 2.89 bits per heavy atom. The van der Waals surface area contributed by atoms with Crippen LogP contribution in [-0.2, 0) is 11.2 Å². The van der Waals surface area contributed by atoms with Crippen LogP contribution in [0, 0.1) is 12.3 Å². The van der Waals surface area contributed by atoms with Crippen molar-refractivity contribution in [3.05, 3.63) is 29.8 Å². The molecule has 18 heavy (non-hydrogen) atoms. The highest BCUT2D eigenvalue weighted by Gasteiger charge is 2.12. The molecule has 0 atom stereocenters. The molecule has 0 unspecified atom stereocenters. The van der Waals surface area contributed by atoms with Crippen molar-refractivity contribution in [2.24, 2.45) is 0 Å². The quantitative estimate of drug-likeness (QED) is 0.718. The van der Waals surface area contributed by atoms with Gasteiger partial charge in [-0.3, -0.25) is 4.79 Å². The molecule has 3 nitrogen and oxygen atoms in total. The molecule has 0 aliphatic heterocycles. The summed E-state index contributed by atoms with van der Waals surface area (Å²) in [6, 6.07) is 7.53. The van der Waals surface area contributed by atoms with E-state index in [1.165, 1.54) is 0 Å². The molecule has 1 aromatic rings. The van der Waals surface area contributed by atoms with Gasteiger partial charge in [-0.15, -0.1) is 6.42 Å². The summed E-state index contributed by atoms with van der Waals surface area (Å²) in [5.41, 5.74) is 0.942. The Hall–Kier alpha value is -1.95. The zero-order valence-corrected chi connectivity index (χ0v) is 11.0. The Morgan fingerprint density at radius 1 is 1.50 bits per heavy atom. The van der Waals surface area contributed by atoms with Crippen molar-refractivity contribution in [2.45, 2.75) is 19.8 Å². The molecule has 0 spiro atoms. The van der Waals surface area contributed by atoms with E-state index in [0.717, 1.165) is 17.7 Å². The van der Waals surface area contributed by atoms with Crippen molar-refractivity contribution in [1.29, 1.82) is 0 Å². The minimum Gasteiger partial charge on any atom is -0.497 e. The van der Waals surface area contributed by atoms with Crippen LogP contribution in [0.2, 0.25) is 0 Å². The molecular weight excluding hydrogens is 226 g/mol. The molecule has 3 heteroatoms. The molecule has 1 rings (SSSR count). The normalized spacial score (nSPS) is 9.61. The van der Waals surface area contributed by atoms with E-state index in [1.54, 1.807) is 12.0 Å². The molecule has 1 amide bonds. The monoisotopic (exact) mass is 245 g/mol. The fraction of sp³-hybridized carbons (Fsp3) is 0.400. The number of methoxy groups -OCH3 is 1. The van der Waals surface area contributed by atoms with Crippen LogP contribution in [0.25, 0.3) is 0 Å². The number of terminal acetylenes is 1. The van der Waals surface area contributed by atoms with Gasteiger partial charge in [0.2, 0.25) is 5.91 Å². The zero-order chi connectivity index (χ0) is 13.4. The van der Waals surface area contributed by atoms with Gasteiger partial charge < -0.3 is 9.64 Å². The van der Waals surface area contributed by atoms with Crippen molar-refractivity contribution >= 4 is 5.91 Å². The van der Waals surface area contributed by atoms with Crippen LogP contribution < -0.4 is 4.74 Å². The van der Waals surface area contributed by atoms with Gasteiger partial charge in [0, 0.05) is 6.54 Å². The van der Waals surface area contributed by atoms with E-state index in [4.69, 9.17) is 11.2 Å². The molecule has 0 bridgehead atoms. The van der Waals surface area contributed by atoms with E-state index in [1.807, 2.05) is 31.2 Å². The lowest BCUT2D eigenvalue weighted by Crippen LogP contribution is -2.33. The van der Waals surface area contributed by atoms with Crippen LogP contribution in [0.3, 0.4) is 0 Å². The third kappa shape index (κ3) is 4.14. The lowest BCUT2D eigenvalue weighted by molar-refractivity contribution is -0.129. The highest BCUT2D eigenvalue weighted by Crippen LogP contribution is 2.13. The van der Waals surface area contributed by atoms with Gasteiger partial charge in [-0.05, 0) is 24.1 Å². The second-order valence-electron chi connectivity index (χ2n) is 4.05. The number of amides is 1. The van der Waals surface area contributed by atoms with Crippen molar-refractivity contribution in [1.82, 2.24) is 4.90 Å². The molecule has 0 aliphatic carbocycles. The predicted molar refractivity (Wildman–Crippen MR) is 72.4 cm³/mol. The van der Waals surface area contributed by atoms with Crippen LogP contribution >= 0.6 is 0 Å². The number of hydrogen-bond acceptors (Lipinski definition) is 2. The first-order valence-electron chi connectivity index (χ1n) is 6.05. The van der Waals surface area contributed by atoms with Crippen LogP contribution in [-0.4, -0.2) is 31.0 Å². The predicted octanol–water partition coefficient (Wildman–Crippen LogP) is 2.11. The van der Waals surface area contributed by atoms with E-state index in [0.29, 0.717) is 19.5 Å². The lowest BCUT2D eigenvalue weighted by Gasteiger charge is -2.19. The van der Waals surface area contributed by atoms with E-state index < -0.39 is 0 Å². The molecule has 0 heterocycles. The summed E-state index contributed by atoms with van der Waals surface area (Å²) in [6.45, 7) is 3.10. The highest BCUT2D eigenvalue weighted by molar-refractivity contribution is 5.79. The summed E-state index contributed by atoms with van der Waals surface area (Å²) < 4.78 is 5.13. The first-order chi connectivity index (χ1) is 8.71. The average Bonchev–Trinajstić information content (AvgIpc) is 2.38. The van der Waals surface area contributed by atoms with Gasteiger partial charge in [0.1, 0.15) is 5.75 Å². The fourth-order valence-electron chi connectivity index (χ4n) is 1.74. The minimum absolute atomic E-state index is 0.0584. The Morgan fingerprint density at radius 2 is 2.28 bits per heavy atom. The smallest absolute Gasteiger partial charge is 0.227 e. The number of nitrogens with zero attached hydrogens (tertiary/aromatic N) is 1. The summed E-state index contributed by atoms with van der Waals surface area (Å²) in [5.74, 6) is 3.34. The van der Waals surface area contributed by atoms with E-state index in [9.17, 15) is 4.79 Å². The first kappa shape index (κ1) is 14.1.